The molecule has 1 saturated carbocycles. The number of benzene rings is 1. The predicted octanol–water partition coefficient (Wildman–Crippen LogP) is 2.74. The maximum atomic E-state index is 3.46. The number of hydrogen-bond donors (Lipinski definition) is 1. The maximum absolute atomic E-state index is 3.46. The van der Waals surface area contributed by atoms with Crippen molar-refractivity contribution in [3.63, 3.8) is 0 Å². The first-order valence-corrected chi connectivity index (χ1v) is 7.34. The van der Waals surface area contributed by atoms with E-state index in [0.717, 1.165) is 19.0 Å². The molecular formula is C16H24N2. The summed E-state index contributed by atoms with van der Waals surface area (Å²) in [5.41, 5.74) is 2.89. The number of piperazine rings is 1. The molecule has 2 nitrogen and oxygen atoms in total. The second kappa shape index (κ2) is 5.41. The van der Waals surface area contributed by atoms with Crippen LogP contribution in [0.25, 0.3) is 0 Å². The van der Waals surface area contributed by atoms with Crippen LogP contribution in [-0.2, 0) is 0 Å². The van der Waals surface area contributed by atoms with Crippen molar-refractivity contribution in [1.29, 1.82) is 0 Å². The first-order valence-electron chi connectivity index (χ1n) is 7.34. The van der Waals surface area contributed by atoms with E-state index in [1.165, 1.54) is 43.5 Å². The monoisotopic (exact) mass is 244 g/mol. The van der Waals surface area contributed by atoms with Crippen LogP contribution in [0.1, 0.15) is 36.4 Å². The van der Waals surface area contributed by atoms with Crippen LogP contribution in [-0.4, -0.2) is 31.1 Å². The van der Waals surface area contributed by atoms with Gasteiger partial charge in [0.05, 0.1) is 0 Å². The summed E-state index contributed by atoms with van der Waals surface area (Å²) in [6, 6.07) is 9.85. The van der Waals surface area contributed by atoms with E-state index in [-0.39, 0.29) is 0 Å². The zero-order valence-electron chi connectivity index (χ0n) is 11.4. The zero-order chi connectivity index (χ0) is 12.4. The molecule has 0 aromatic heterocycles. The highest BCUT2D eigenvalue weighted by Crippen LogP contribution is 2.40. The second-order valence-electron chi connectivity index (χ2n) is 5.89. The van der Waals surface area contributed by atoms with Gasteiger partial charge in [0.25, 0.3) is 0 Å². The summed E-state index contributed by atoms with van der Waals surface area (Å²) in [5.74, 6) is 0.992. The lowest BCUT2D eigenvalue weighted by Crippen LogP contribution is -2.45. The molecule has 0 amide bonds. The first kappa shape index (κ1) is 12.2. The van der Waals surface area contributed by atoms with Gasteiger partial charge in [-0.3, -0.25) is 4.90 Å². The fourth-order valence-electron chi connectivity index (χ4n) is 2.95. The van der Waals surface area contributed by atoms with Crippen molar-refractivity contribution in [1.82, 2.24) is 10.2 Å². The van der Waals surface area contributed by atoms with Gasteiger partial charge in [0.2, 0.25) is 0 Å². The van der Waals surface area contributed by atoms with Gasteiger partial charge in [0.1, 0.15) is 0 Å². The lowest BCUT2D eigenvalue weighted by Gasteiger charge is -2.35. The molecule has 2 heteroatoms. The van der Waals surface area contributed by atoms with E-state index in [2.05, 4.69) is 41.4 Å². The smallest absolute Gasteiger partial charge is 0.0351 e. The van der Waals surface area contributed by atoms with Crippen LogP contribution in [0, 0.1) is 12.8 Å². The number of hydrogen-bond acceptors (Lipinski definition) is 2. The van der Waals surface area contributed by atoms with Gasteiger partial charge in [0, 0.05) is 32.2 Å². The molecule has 1 heterocycles. The van der Waals surface area contributed by atoms with Gasteiger partial charge in [-0.15, -0.1) is 0 Å². The Kier molecular flexibility index (Phi) is 3.67. The van der Waals surface area contributed by atoms with E-state index in [9.17, 15) is 0 Å². The fraction of sp³-hybridized carbons (Fsp3) is 0.625. The Hall–Kier alpha value is -0.860. The summed E-state index contributed by atoms with van der Waals surface area (Å²) in [5, 5.41) is 3.46. The molecule has 0 bridgehead atoms. The summed E-state index contributed by atoms with van der Waals surface area (Å²) >= 11 is 0. The molecule has 2 fully saturated rings. The van der Waals surface area contributed by atoms with Gasteiger partial charge < -0.3 is 5.32 Å². The van der Waals surface area contributed by atoms with Crippen molar-refractivity contribution in [2.45, 2.75) is 32.2 Å². The molecule has 2 aliphatic rings. The number of rotatable bonds is 4. The third-order valence-electron chi connectivity index (χ3n) is 4.31. The molecule has 1 aromatic carbocycles. The number of nitrogens with one attached hydrogen (secondary N) is 1. The molecule has 98 valence electrons. The largest absolute Gasteiger partial charge is 0.314 e. The Labute approximate surface area is 110 Å². The molecule has 1 N–H and O–H groups in total. The lowest BCUT2D eigenvalue weighted by atomic mass is 9.98. The van der Waals surface area contributed by atoms with Crippen LogP contribution < -0.4 is 5.32 Å². The highest BCUT2D eigenvalue weighted by molar-refractivity contribution is 5.24. The zero-order valence-corrected chi connectivity index (χ0v) is 11.4. The SMILES string of the molecule is Cc1ccc([C@@H](CC2CC2)N2CCNCC2)cc1. The van der Waals surface area contributed by atoms with Crippen LogP contribution in [0.3, 0.4) is 0 Å². The molecule has 1 saturated heterocycles. The minimum Gasteiger partial charge on any atom is -0.314 e. The summed E-state index contributed by atoms with van der Waals surface area (Å²) < 4.78 is 0. The van der Waals surface area contributed by atoms with Crippen molar-refractivity contribution in [2.75, 3.05) is 26.2 Å². The Bertz CT molecular complexity index is 375. The van der Waals surface area contributed by atoms with Gasteiger partial charge in [-0.2, -0.15) is 0 Å². The third kappa shape index (κ3) is 2.93. The Balaban J connectivity index is 1.76. The first-order chi connectivity index (χ1) is 8.83. The molecule has 0 radical (unpaired) electrons. The minimum atomic E-state index is 0.653. The van der Waals surface area contributed by atoms with Crippen molar-refractivity contribution < 1.29 is 0 Å². The van der Waals surface area contributed by atoms with E-state index in [1.807, 2.05) is 0 Å². The van der Waals surface area contributed by atoms with Gasteiger partial charge in [-0.05, 0) is 24.8 Å². The summed E-state index contributed by atoms with van der Waals surface area (Å²) in [6.45, 7) is 6.86. The Morgan fingerprint density at radius 3 is 2.44 bits per heavy atom. The highest BCUT2D eigenvalue weighted by atomic mass is 15.2. The second-order valence-corrected chi connectivity index (χ2v) is 5.89. The highest BCUT2D eigenvalue weighted by Gasteiger charge is 2.30. The quantitative estimate of drug-likeness (QED) is 0.876. The van der Waals surface area contributed by atoms with Gasteiger partial charge in [-0.1, -0.05) is 42.7 Å². The van der Waals surface area contributed by atoms with E-state index in [0.29, 0.717) is 6.04 Å². The van der Waals surface area contributed by atoms with Crippen LogP contribution in [0.4, 0.5) is 0 Å². The number of aryl methyl sites for hydroxylation is 1. The van der Waals surface area contributed by atoms with Crippen molar-refractivity contribution >= 4 is 0 Å². The predicted molar refractivity (Wildman–Crippen MR) is 75.7 cm³/mol. The maximum Gasteiger partial charge on any atom is 0.0351 e. The van der Waals surface area contributed by atoms with Gasteiger partial charge >= 0.3 is 0 Å². The van der Waals surface area contributed by atoms with Crippen LogP contribution in [0.5, 0.6) is 0 Å². The lowest BCUT2D eigenvalue weighted by molar-refractivity contribution is 0.160. The van der Waals surface area contributed by atoms with E-state index in [1.54, 1.807) is 0 Å². The summed E-state index contributed by atoms with van der Waals surface area (Å²) in [6.07, 6.45) is 4.27. The van der Waals surface area contributed by atoms with Crippen molar-refractivity contribution in [3.05, 3.63) is 35.4 Å². The Morgan fingerprint density at radius 1 is 1.17 bits per heavy atom. The fourth-order valence-corrected chi connectivity index (χ4v) is 2.95. The van der Waals surface area contributed by atoms with Gasteiger partial charge in [-0.25, -0.2) is 0 Å². The standard InChI is InChI=1S/C16H24N2/c1-13-2-6-15(7-3-13)16(12-14-4-5-14)18-10-8-17-9-11-18/h2-3,6-7,14,16-17H,4-5,8-12H2,1H3/t16-/m1/s1. The average molecular weight is 244 g/mol. The molecule has 0 spiro atoms. The number of nitrogens with zero attached hydrogens (tertiary/aromatic N) is 1. The van der Waals surface area contributed by atoms with E-state index in [4.69, 9.17) is 0 Å². The van der Waals surface area contributed by atoms with Crippen LogP contribution in [0.15, 0.2) is 24.3 Å². The van der Waals surface area contributed by atoms with E-state index >= 15 is 0 Å². The molecule has 1 aliphatic carbocycles. The van der Waals surface area contributed by atoms with Crippen molar-refractivity contribution in [3.8, 4) is 0 Å². The van der Waals surface area contributed by atoms with Crippen LogP contribution in [0.2, 0.25) is 0 Å². The van der Waals surface area contributed by atoms with Crippen molar-refractivity contribution in [2.24, 2.45) is 5.92 Å². The minimum absolute atomic E-state index is 0.653. The molecular weight excluding hydrogens is 220 g/mol. The summed E-state index contributed by atoms with van der Waals surface area (Å²) in [4.78, 5) is 2.68. The molecule has 1 aliphatic heterocycles. The molecule has 18 heavy (non-hydrogen) atoms. The van der Waals surface area contributed by atoms with Crippen LogP contribution >= 0.6 is 0 Å². The third-order valence-corrected chi connectivity index (χ3v) is 4.31. The van der Waals surface area contributed by atoms with Gasteiger partial charge in [0.15, 0.2) is 0 Å². The normalized spacial score (nSPS) is 22.9. The average Bonchev–Trinajstić information content (AvgIpc) is 3.22. The van der Waals surface area contributed by atoms with E-state index < -0.39 is 0 Å². The molecule has 1 atom stereocenters. The molecule has 0 unspecified atom stereocenters. The molecule has 3 rings (SSSR count). The Morgan fingerprint density at radius 2 is 1.83 bits per heavy atom. The summed E-state index contributed by atoms with van der Waals surface area (Å²) in [7, 11) is 0. The topological polar surface area (TPSA) is 15.3 Å². The molecule has 1 aromatic rings.